The fourth-order valence-electron chi connectivity index (χ4n) is 2.02. The average molecular weight is 348 g/mol. The summed E-state index contributed by atoms with van der Waals surface area (Å²) in [6, 6.07) is 0. The first kappa shape index (κ1) is 17.4. The van der Waals surface area contributed by atoms with Crippen LogP contribution >= 0.6 is 11.3 Å². The number of nitrogens with zero attached hydrogens (tertiary/aromatic N) is 3. The molecule has 1 amide bonds. The van der Waals surface area contributed by atoms with Crippen LogP contribution in [0.3, 0.4) is 0 Å². The van der Waals surface area contributed by atoms with Gasteiger partial charge in [-0.15, -0.1) is 11.3 Å². The standard InChI is InChI=1S/C13H15F3N4O2S/c1-8-6-19-10(23-8)7-18-9(21)5-12(22,13(14,15)16)11-17-3-4-20(11)2/h3-4,6,22H,5,7H2,1-2H3,(H,18,21). The van der Waals surface area contributed by atoms with E-state index in [1.165, 1.54) is 24.6 Å². The molecule has 0 aliphatic carbocycles. The van der Waals surface area contributed by atoms with Gasteiger partial charge in [0.2, 0.25) is 11.5 Å². The fraction of sp³-hybridized carbons (Fsp3) is 0.462. The van der Waals surface area contributed by atoms with Crippen molar-refractivity contribution in [2.24, 2.45) is 7.05 Å². The second kappa shape index (κ2) is 6.28. The fourth-order valence-corrected chi connectivity index (χ4v) is 2.75. The molecule has 10 heteroatoms. The zero-order valence-corrected chi connectivity index (χ0v) is 13.2. The van der Waals surface area contributed by atoms with Crippen molar-refractivity contribution in [2.75, 3.05) is 0 Å². The molecule has 0 fully saturated rings. The largest absolute Gasteiger partial charge is 0.425 e. The normalized spacial score (nSPS) is 14.5. The molecule has 2 N–H and O–H groups in total. The summed E-state index contributed by atoms with van der Waals surface area (Å²) in [7, 11) is 1.31. The average Bonchev–Trinajstić information content (AvgIpc) is 3.04. The Kier molecular flexibility index (Phi) is 4.76. The third kappa shape index (κ3) is 3.70. The molecule has 0 aliphatic rings. The quantitative estimate of drug-likeness (QED) is 0.861. The van der Waals surface area contributed by atoms with Gasteiger partial charge in [-0.25, -0.2) is 9.97 Å². The molecule has 2 aromatic heterocycles. The number of hydrogen-bond acceptors (Lipinski definition) is 5. The minimum absolute atomic E-state index is 0.00580. The number of carbonyl (C=O) groups is 1. The highest BCUT2D eigenvalue weighted by atomic mass is 32.1. The van der Waals surface area contributed by atoms with E-state index in [0.29, 0.717) is 5.01 Å². The topological polar surface area (TPSA) is 80.0 Å². The maximum atomic E-state index is 13.3. The number of halogens is 3. The van der Waals surface area contributed by atoms with Crippen LogP contribution in [0.5, 0.6) is 0 Å². The second-order valence-electron chi connectivity index (χ2n) is 5.04. The minimum Gasteiger partial charge on any atom is -0.374 e. The Morgan fingerprint density at radius 3 is 2.61 bits per heavy atom. The van der Waals surface area contributed by atoms with Gasteiger partial charge < -0.3 is 15.0 Å². The van der Waals surface area contributed by atoms with E-state index in [4.69, 9.17) is 0 Å². The van der Waals surface area contributed by atoms with Crippen molar-refractivity contribution < 1.29 is 23.1 Å². The van der Waals surface area contributed by atoms with Crippen molar-refractivity contribution in [1.82, 2.24) is 19.9 Å². The lowest BCUT2D eigenvalue weighted by Crippen LogP contribution is -2.47. The van der Waals surface area contributed by atoms with Crippen LogP contribution in [0.25, 0.3) is 0 Å². The van der Waals surface area contributed by atoms with Gasteiger partial charge in [0, 0.05) is 30.5 Å². The van der Waals surface area contributed by atoms with E-state index in [0.717, 1.165) is 15.6 Å². The number of alkyl halides is 3. The Morgan fingerprint density at radius 2 is 2.13 bits per heavy atom. The first-order valence-electron chi connectivity index (χ1n) is 6.58. The summed E-state index contributed by atoms with van der Waals surface area (Å²) in [5, 5.41) is 13.0. The molecule has 0 saturated carbocycles. The molecule has 23 heavy (non-hydrogen) atoms. The number of thiazole rings is 1. The molecular weight excluding hydrogens is 333 g/mol. The van der Waals surface area contributed by atoms with Crippen LogP contribution in [0.15, 0.2) is 18.6 Å². The van der Waals surface area contributed by atoms with Gasteiger partial charge in [-0.1, -0.05) is 0 Å². The summed E-state index contributed by atoms with van der Waals surface area (Å²) in [4.78, 5) is 20.3. The minimum atomic E-state index is -5.04. The van der Waals surface area contributed by atoms with Crippen molar-refractivity contribution in [3.63, 3.8) is 0 Å². The van der Waals surface area contributed by atoms with E-state index >= 15 is 0 Å². The number of amides is 1. The summed E-state index contributed by atoms with van der Waals surface area (Å²) in [6.45, 7) is 1.83. The number of carbonyl (C=O) groups excluding carboxylic acids is 1. The van der Waals surface area contributed by atoms with Crippen LogP contribution in [0, 0.1) is 6.92 Å². The zero-order valence-electron chi connectivity index (χ0n) is 12.4. The van der Waals surface area contributed by atoms with Gasteiger partial charge in [-0.3, -0.25) is 4.79 Å². The van der Waals surface area contributed by atoms with E-state index in [1.807, 2.05) is 6.92 Å². The monoisotopic (exact) mass is 348 g/mol. The van der Waals surface area contributed by atoms with Crippen molar-refractivity contribution in [3.8, 4) is 0 Å². The predicted molar refractivity (Wildman–Crippen MR) is 76.5 cm³/mol. The van der Waals surface area contributed by atoms with Crippen LogP contribution in [-0.4, -0.2) is 31.7 Å². The third-order valence-electron chi connectivity index (χ3n) is 3.18. The summed E-state index contributed by atoms with van der Waals surface area (Å²) in [5.74, 6) is -1.58. The van der Waals surface area contributed by atoms with Crippen molar-refractivity contribution in [1.29, 1.82) is 0 Å². The maximum Gasteiger partial charge on any atom is 0.425 e. The van der Waals surface area contributed by atoms with E-state index < -0.39 is 29.9 Å². The maximum absolute atomic E-state index is 13.3. The first-order valence-corrected chi connectivity index (χ1v) is 7.40. The second-order valence-corrected chi connectivity index (χ2v) is 6.36. The molecule has 0 radical (unpaired) electrons. The van der Waals surface area contributed by atoms with Crippen LogP contribution in [-0.2, 0) is 24.0 Å². The summed E-state index contributed by atoms with van der Waals surface area (Å²) in [5.41, 5.74) is -3.35. The summed E-state index contributed by atoms with van der Waals surface area (Å²) in [6.07, 6.45) is -2.22. The van der Waals surface area contributed by atoms with Crippen LogP contribution < -0.4 is 5.32 Å². The highest BCUT2D eigenvalue weighted by Gasteiger charge is 2.58. The van der Waals surface area contributed by atoms with Crippen molar-refractivity contribution >= 4 is 17.2 Å². The van der Waals surface area contributed by atoms with Crippen LogP contribution in [0.4, 0.5) is 13.2 Å². The van der Waals surface area contributed by atoms with Gasteiger partial charge in [-0.05, 0) is 6.92 Å². The Bertz CT molecular complexity index is 697. The summed E-state index contributed by atoms with van der Waals surface area (Å²) < 4.78 is 40.9. The first-order chi connectivity index (χ1) is 10.6. The molecule has 0 bridgehead atoms. The molecule has 2 heterocycles. The van der Waals surface area contributed by atoms with E-state index in [9.17, 15) is 23.1 Å². The number of hydrogen-bond donors (Lipinski definition) is 2. The van der Waals surface area contributed by atoms with Crippen molar-refractivity contribution in [2.45, 2.75) is 31.7 Å². The number of imidazole rings is 1. The molecule has 126 valence electrons. The van der Waals surface area contributed by atoms with Crippen molar-refractivity contribution in [3.05, 3.63) is 34.3 Å². The molecule has 0 saturated heterocycles. The molecule has 0 spiro atoms. The number of aryl methyl sites for hydroxylation is 2. The smallest absolute Gasteiger partial charge is 0.374 e. The van der Waals surface area contributed by atoms with E-state index in [2.05, 4.69) is 15.3 Å². The highest BCUT2D eigenvalue weighted by molar-refractivity contribution is 7.11. The van der Waals surface area contributed by atoms with E-state index in [-0.39, 0.29) is 6.54 Å². The molecule has 0 aromatic carbocycles. The van der Waals surface area contributed by atoms with Gasteiger partial charge in [0.15, 0.2) is 5.82 Å². The molecule has 1 atom stereocenters. The van der Waals surface area contributed by atoms with Crippen LogP contribution in [0.1, 0.15) is 22.1 Å². The SMILES string of the molecule is Cc1cnc(CNC(=O)CC(O)(c2nccn2C)C(F)(F)F)s1. The Hall–Kier alpha value is -1.94. The molecule has 6 nitrogen and oxygen atoms in total. The number of aliphatic hydroxyl groups is 1. The number of rotatable bonds is 5. The number of nitrogens with one attached hydrogen (secondary N) is 1. The molecule has 0 aliphatic heterocycles. The van der Waals surface area contributed by atoms with Gasteiger partial charge in [-0.2, -0.15) is 13.2 Å². The lowest BCUT2D eigenvalue weighted by atomic mass is 9.97. The third-order valence-corrected chi connectivity index (χ3v) is 4.10. The van der Waals surface area contributed by atoms with Gasteiger partial charge >= 0.3 is 6.18 Å². The van der Waals surface area contributed by atoms with Gasteiger partial charge in [0.05, 0.1) is 13.0 Å². The molecule has 1 unspecified atom stereocenters. The Balaban J connectivity index is 2.12. The Labute approximate surface area is 134 Å². The number of aromatic nitrogens is 3. The lowest BCUT2D eigenvalue weighted by Gasteiger charge is -2.29. The molecular formula is C13H15F3N4O2S. The summed E-state index contributed by atoms with van der Waals surface area (Å²) >= 11 is 1.33. The van der Waals surface area contributed by atoms with E-state index in [1.54, 1.807) is 6.20 Å². The van der Waals surface area contributed by atoms with Gasteiger partial charge in [0.1, 0.15) is 5.01 Å². The molecule has 2 aromatic rings. The highest BCUT2D eigenvalue weighted by Crippen LogP contribution is 2.40. The lowest BCUT2D eigenvalue weighted by molar-refractivity contribution is -0.271. The molecule has 2 rings (SSSR count). The Morgan fingerprint density at radius 1 is 1.43 bits per heavy atom. The van der Waals surface area contributed by atoms with Crippen LogP contribution in [0.2, 0.25) is 0 Å². The van der Waals surface area contributed by atoms with Gasteiger partial charge in [0.25, 0.3) is 0 Å². The predicted octanol–water partition coefficient (Wildman–Crippen LogP) is 1.64. The zero-order chi connectivity index (χ0) is 17.3.